The number of hydrogen-bond acceptors (Lipinski definition) is 7. The fourth-order valence-electron chi connectivity index (χ4n) is 3.17. The number of ketones is 1. The Hall–Kier alpha value is -3.09. The highest BCUT2D eigenvalue weighted by molar-refractivity contribution is 5.99. The molecule has 2 aromatic carbocycles. The van der Waals surface area contributed by atoms with Gasteiger partial charge in [0.15, 0.2) is 28.8 Å². The molecule has 0 amide bonds. The molecule has 0 bridgehead atoms. The van der Waals surface area contributed by atoms with Gasteiger partial charge in [-0.05, 0) is 42.2 Å². The molecule has 2 aromatic rings. The van der Waals surface area contributed by atoms with Crippen LogP contribution >= 0.6 is 0 Å². The third-order valence-electron chi connectivity index (χ3n) is 5.13. The molecule has 0 saturated heterocycles. The van der Waals surface area contributed by atoms with Crippen LogP contribution in [0.5, 0.6) is 34.5 Å². The van der Waals surface area contributed by atoms with Crippen LogP contribution in [0.4, 0.5) is 0 Å². The number of phenolic OH excluding ortho intramolecular Hbond substituents is 2. The first kappa shape index (κ1) is 22.2. The second kappa shape index (κ2) is 9.41. The second-order valence-corrected chi connectivity index (χ2v) is 6.91. The van der Waals surface area contributed by atoms with Crippen molar-refractivity contribution in [3.05, 3.63) is 35.4 Å². The van der Waals surface area contributed by atoms with E-state index in [2.05, 4.69) is 0 Å². The minimum Gasteiger partial charge on any atom is -0.502 e. The zero-order valence-electron chi connectivity index (χ0n) is 17.6. The summed E-state index contributed by atoms with van der Waals surface area (Å²) in [6.07, 6.45) is 0.576. The Balaban J connectivity index is 2.26. The van der Waals surface area contributed by atoms with Crippen LogP contribution in [0.3, 0.4) is 0 Å². The number of aromatic hydroxyl groups is 2. The van der Waals surface area contributed by atoms with E-state index in [-0.39, 0.29) is 40.6 Å². The monoisotopic (exact) mass is 404 g/mol. The van der Waals surface area contributed by atoms with Gasteiger partial charge in [0, 0.05) is 11.5 Å². The molecule has 0 aliphatic carbocycles. The molecule has 0 radical (unpaired) electrons. The van der Waals surface area contributed by atoms with E-state index in [1.807, 2.05) is 13.8 Å². The number of carbonyl (C=O) groups excluding carboxylic acids is 1. The molecule has 0 spiro atoms. The lowest BCUT2D eigenvalue weighted by molar-refractivity contribution is 0.0892. The maximum absolute atomic E-state index is 13.0. The van der Waals surface area contributed by atoms with E-state index < -0.39 is 0 Å². The van der Waals surface area contributed by atoms with Crippen LogP contribution in [0.1, 0.15) is 29.8 Å². The van der Waals surface area contributed by atoms with Gasteiger partial charge >= 0.3 is 0 Å². The number of carbonyl (C=O) groups is 1. The highest BCUT2D eigenvalue weighted by atomic mass is 16.5. The zero-order valence-corrected chi connectivity index (χ0v) is 17.6. The summed E-state index contributed by atoms with van der Waals surface area (Å²) in [5.74, 6) is 0.367. The molecule has 2 rings (SSSR count). The van der Waals surface area contributed by atoms with Crippen molar-refractivity contribution in [2.75, 3.05) is 28.4 Å². The summed E-state index contributed by atoms with van der Waals surface area (Å²) in [6.45, 7) is 3.83. The van der Waals surface area contributed by atoms with Crippen molar-refractivity contribution in [3.8, 4) is 34.5 Å². The van der Waals surface area contributed by atoms with E-state index in [0.29, 0.717) is 23.5 Å². The fraction of sp³-hybridized carbons (Fsp3) is 0.409. The van der Waals surface area contributed by atoms with Gasteiger partial charge in [-0.15, -0.1) is 0 Å². The molecular weight excluding hydrogens is 376 g/mol. The van der Waals surface area contributed by atoms with Gasteiger partial charge in [0.25, 0.3) is 0 Å². The average Bonchev–Trinajstić information content (AvgIpc) is 2.73. The SMILES string of the molecule is COc1cc(C[C@H](C)[C@@H](C)C(=O)c2cc(OC)c(O)c(OC)c2)cc(OC)c1O. The normalized spacial score (nSPS) is 12.8. The van der Waals surface area contributed by atoms with E-state index in [1.54, 1.807) is 12.1 Å². The number of Topliss-reactive ketones (excluding diaryl/α,β-unsaturated/α-hetero) is 1. The minimum atomic E-state index is -0.320. The maximum atomic E-state index is 13.0. The molecule has 0 aromatic heterocycles. The van der Waals surface area contributed by atoms with Crippen LogP contribution in [0.2, 0.25) is 0 Å². The van der Waals surface area contributed by atoms with Crippen molar-refractivity contribution in [3.63, 3.8) is 0 Å². The number of benzene rings is 2. The van der Waals surface area contributed by atoms with Gasteiger partial charge in [0.1, 0.15) is 0 Å². The molecule has 2 N–H and O–H groups in total. The maximum Gasteiger partial charge on any atom is 0.200 e. The predicted molar refractivity (Wildman–Crippen MR) is 109 cm³/mol. The smallest absolute Gasteiger partial charge is 0.200 e. The summed E-state index contributed by atoms with van der Waals surface area (Å²) in [4.78, 5) is 13.0. The Morgan fingerprint density at radius 2 is 1.17 bits per heavy atom. The van der Waals surface area contributed by atoms with Gasteiger partial charge in [-0.25, -0.2) is 0 Å². The van der Waals surface area contributed by atoms with Crippen molar-refractivity contribution >= 4 is 5.78 Å². The molecule has 7 heteroatoms. The van der Waals surface area contributed by atoms with Gasteiger partial charge in [-0.2, -0.15) is 0 Å². The van der Waals surface area contributed by atoms with E-state index >= 15 is 0 Å². The molecule has 0 unspecified atom stereocenters. The van der Waals surface area contributed by atoms with Crippen LogP contribution in [-0.2, 0) is 6.42 Å². The summed E-state index contributed by atoms with van der Waals surface area (Å²) < 4.78 is 20.7. The van der Waals surface area contributed by atoms with Crippen molar-refractivity contribution in [1.29, 1.82) is 0 Å². The highest BCUT2D eigenvalue weighted by Crippen LogP contribution is 2.39. The van der Waals surface area contributed by atoms with E-state index in [4.69, 9.17) is 18.9 Å². The number of hydrogen-bond donors (Lipinski definition) is 2. The Bertz CT molecular complexity index is 825. The van der Waals surface area contributed by atoms with E-state index in [9.17, 15) is 15.0 Å². The summed E-state index contributed by atoms with van der Waals surface area (Å²) >= 11 is 0. The molecular formula is C22H28O7. The molecule has 0 heterocycles. The Kier molecular flexibility index (Phi) is 7.20. The van der Waals surface area contributed by atoms with E-state index in [1.165, 1.54) is 40.6 Å². The lowest BCUT2D eigenvalue weighted by Crippen LogP contribution is -2.21. The number of rotatable bonds is 9. The standard InChI is InChI=1S/C22H28O7/c1-12(7-14-8-16(26-3)21(24)17(9-14)27-4)13(2)20(23)15-10-18(28-5)22(25)19(11-15)29-6/h8-13,24-25H,7H2,1-6H3/t12-,13+/m0/s1. The Labute approximate surface area is 170 Å². The molecule has 2 atom stereocenters. The third kappa shape index (κ3) is 4.67. The van der Waals surface area contributed by atoms with Crippen LogP contribution < -0.4 is 18.9 Å². The number of ether oxygens (including phenoxy) is 4. The molecule has 0 saturated carbocycles. The van der Waals surface area contributed by atoms with Gasteiger partial charge < -0.3 is 29.2 Å². The van der Waals surface area contributed by atoms with Gasteiger partial charge in [-0.1, -0.05) is 13.8 Å². The largest absolute Gasteiger partial charge is 0.502 e. The number of phenols is 2. The summed E-state index contributed by atoms with van der Waals surface area (Å²) in [5, 5.41) is 20.1. The van der Waals surface area contributed by atoms with Crippen LogP contribution in [0.25, 0.3) is 0 Å². The quantitative estimate of drug-likeness (QED) is 0.613. The Morgan fingerprint density at radius 1 is 0.793 bits per heavy atom. The van der Waals surface area contributed by atoms with Crippen molar-refractivity contribution in [2.24, 2.45) is 11.8 Å². The molecule has 0 aliphatic rings. The molecule has 158 valence electrons. The Morgan fingerprint density at radius 3 is 1.55 bits per heavy atom. The predicted octanol–water partition coefficient (Wildman–Crippen LogP) is 3.83. The van der Waals surface area contributed by atoms with E-state index in [0.717, 1.165) is 5.56 Å². The minimum absolute atomic E-state index is 0.0211. The molecule has 29 heavy (non-hydrogen) atoms. The third-order valence-corrected chi connectivity index (χ3v) is 5.13. The first-order valence-electron chi connectivity index (χ1n) is 9.20. The summed E-state index contributed by atoms with van der Waals surface area (Å²) in [7, 11) is 5.78. The lowest BCUT2D eigenvalue weighted by Gasteiger charge is -2.21. The van der Waals surface area contributed by atoms with Gasteiger partial charge in [0.2, 0.25) is 11.5 Å². The van der Waals surface area contributed by atoms with Crippen LogP contribution in [0, 0.1) is 11.8 Å². The van der Waals surface area contributed by atoms with Gasteiger partial charge in [0.05, 0.1) is 28.4 Å². The lowest BCUT2D eigenvalue weighted by atomic mass is 9.84. The molecule has 7 nitrogen and oxygen atoms in total. The van der Waals surface area contributed by atoms with Crippen molar-refractivity contribution in [2.45, 2.75) is 20.3 Å². The summed E-state index contributed by atoms with van der Waals surface area (Å²) in [5.41, 5.74) is 1.28. The topological polar surface area (TPSA) is 94.5 Å². The van der Waals surface area contributed by atoms with Crippen LogP contribution in [-0.4, -0.2) is 44.4 Å². The van der Waals surface area contributed by atoms with Crippen molar-refractivity contribution in [1.82, 2.24) is 0 Å². The average molecular weight is 404 g/mol. The van der Waals surface area contributed by atoms with Crippen LogP contribution in [0.15, 0.2) is 24.3 Å². The second-order valence-electron chi connectivity index (χ2n) is 6.91. The molecule has 0 aliphatic heterocycles. The first-order valence-corrected chi connectivity index (χ1v) is 9.20. The number of methoxy groups -OCH3 is 4. The fourth-order valence-corrected chi connectivity index (χ4v) is 3.17. The zero-order chi connectivity index (χ0) is 21.7. The molecule has 0 fully saturated rings. The summed E-state index contributed by atoms with van der Waals surface area (Å²) in [6, 6.07) is 6.49. The highest BCUT2D eigenvalue weighted by Gasteiger charge is 2.25. The first-order chi connectivity index (χ1) is 13.8. The van der Waals surface area contributed by atoms with Gasteiger partial charge in [-0.3, -0.25) is 4.79 Å². The van der Waals surface area contributed by atoms with Crippen molar-refractivity contribution < 1.29 is 34.0 Å².